The predicted molar refractivity (Wildman–Crippen MR) is 148 cm³/mol. The first-order chi connectivity index (χ1) is 17.4. The molecule has 1 aliphatic heterocycles. The maximum absolute atomic E-state index is 12.6. The predicted octanol–water partition coefficient (Wildman–Crippen LogP) is 5.73. The summed E-state index contributed by atoms with van der Waals surface area (Å²) in [5.41, 5.74) is 4.39. The fraction of sp³-hybridized carbons (Fsp3) is 0.308. The highest BCUT2D eigenvalue weighted by atomic mass is 35.5. The Kier molecular flexibility index (Phi) is 6.77. The van der Waals surface area contributed by atoms with E-state index in [1.165, 1.54) is 0 Å². The van der Waals surface area contributed by atoms with Crippen LogP contribution < -0.4 is 15.0 Å². The van der Waals surface area contributed by atoms with E-state index in [1.807, 2.05) is 42.6 Å². The van der Waals surface area contributed by atoms with E-state index in [9.17, 15) is 4.21 Å². The monoisotopic (exact) mass is 524 g/mol. The molecule has 1 fully saturated rings. The molecule has 1 aliphatic rings. The number of para-hydroxylation sites is 1. The van der Waals surface area contributed by atoms with Crippen molar-refractivity contribution in [3.05, 3.63) is 59.9 Å². The second-order valence-corrected chi connectivity index (χ2v) is 12.0. The van der Waals surface area contributed by atoms with Crippen molar-refractivity contribution >= 4 is 49.6 Å². The second-order valence-electron chi connectivity index (χ2n) is 8.88. The third kappa shape index (κ3) is 4.73. The van der Waals surface area contributed by atoms with Gasteiger partial charge in [0, 0.05) is 75.8 Å². The molecule has 3 heterocycles. The number of ether oxygens (including phenoxy) is 1. The Morgan fingerprint density at radius 3 is 2.75 bits per heavy atom. The lowest BCUT2D eigenvalue weighted by Gasteiger charge is -2.34. The van der Waals surface area contributed by atoms with Crippen molar-refractivity contribution in [1.82, 2.24) is 15.0 Å². The lowest BCUT2D eigenvalue weighted by Crippen LogP contribution is -2.38. The summed E-state index contributed by atoms with van der Waals surface area (Å²) in [5.74, 6) is 1.11. The van der Waals surface area contributed by atoms with Crippen molar-refractivity contribution in [3.63, 3.8) is 0 Å². The largest absolute Gasteiger partial charge is 0.494 e. The van der Waals surface area contributed by atoms with E-state index in [0.29, 0.717) is 22.4 Å². The van der Waals surface area contributed by atoms with Gasteiger partial charge < -0.3 is 19.9 Å². The molecule has 0 spiro atoms. The highest BCUT2D eigenvalue weighted by molar-refractivity contribution is 7.93. The van der Waals surface area contributed by atoms with Crippen LogP contribution in [0.25, 0.3) is 22.2 Å². The van der Waals surface area contributed by atoms with E-state index in [4.69, 9.17) is 21.3 Å². The number of nitrogens with zero attached hydrogens (tertiary/aromatic N) is 4. The Morgan fingerprint density at radius 2 is 2.00 bits per heavy atom. The number of rotatable bonds is 6. The number of aromatic amines is 1. The van der Waals surface area contributed by atoms with Gasteiger partial charge in [-0.2, -0.15) is 0 Å². The lowest BCUT2D eigenvalue weighted by molar-refractivity contribution is 0.416. The first-order valence-corrected chi connectivity index (χ1v) is 14.1. The van der Waals surface area contributed by atoms with Crippen LogP contribution >= 0.6 is 11.6 Å². The molecule has 1 atom stereocenters. The lowest BCUT2D eigenvalue weighted by atomic mass is 10.1. The van der Waals surface area contributed by atoms with Gasteiger partial charge in [0.2, 0.25) is 5.95 Å². The second kappa shape index (κ2) is 9.99. The van der Waals surface area contributed by atoms with Crippen LogP contribution in [0.2, 0.25) is 5.02 Å². The zero-order valence-electron chi connectivity index (χ0n) is 20.5. The molecule has 10 heteroatoms. The molecule has 0 amide bonds. The molecular weight excluding hydrogens is 496 g/mol. The molecule has 4 aromatic rings. The van der Waals surface area contributed by atoms with E-state index in [1.54, 1.807) is 26.6 Å². The van der Waals surface area contributed by atoms with Crippen molar-refractivity contribution in [1.29, 1.82) is 0 Å². The van der Waals surface area contributed by atoms with E-state index < -0.39 is 9.73 Å². The average Bonchev–Trinajstić information content (AvgIpc) is 3.34. The average molecular weight is 525 g/mol. The summed E-state index contributed by atoms with van der Waals surface area (Å²) in [7, 11) is 1.17. The molecule has 0 aliphatic carbocycles. The molecule has 0 saturated carbocycles. The van der Waals surface area contributed by atoms with Crippen molar-refractivity contribution < 1.29 is 8.95 Å². The Morgan fingerprint density at radius 1 is 1.22 bits per heavy atom. The van der Waals surface area contributed by atoms with Crippen molar-refractivity contribution in [3.8, 4) is 17.0 Å². The molecule has 2 aromatic carbocycles. The zero-order valence-corrected chi connectivity index (χ0v) is 22.1. The molecule has 8 nitrogen and oxygen atoms in total. The minimum Gasteiger partial charge on any atom is -0.494 e. The molecule has 1 saturated heterocycles. The van der Waals surface area contributed by atoms with Crippen LogP contribution in [-0.2, 0) is 9.73 Å². The van der Waals surface area contributed by atoms with Crippen LogP contribution in [0.4, 0.5) is 17.3 Å². The number of hydrogen-bond acceptors (Lipinski definition) is 7. The zero-order chi connectivity index (χ0) is 25.3. The number of fused-ring (bicyclic) bond motifs is 1. The number of aromatic nitrogens is 3. The third-order valence-corrected chi connectivity index (χ3v) is 9.52. The number of halogens is 1. The number of benzene rings is 2. The number of methoxy groups -OCH3 is 1. The van der Waals surface area contributed by atoms with Gasteiger partial charge in [-0.25, -0.2) is 18.5 Å². The summed E-state index contributed by atoms with van der Waals surface area (Å²) >= 11 is 6.48. The fourth-order valence-corrected chi connectivity index (χ4v) is 6.26. The Hall–Kier alpha value is -3.30. The van der Waals surface area contributed by atoms with E-state index in [-0.39, 0.29) is 5.25 Å². The van der Waals surface area contributed by atoms with Crippen LogP contribution in [0.3, 0.4) is 0 Å². The summed E-state index contributed by atoms with van der Waals surface area (Å²) in [6, 6.07) is 14.0. The fourth-order valence-electron chi connectivity index (χ4n) is 4.68. The number of anilines is 3. The van der Waals surface area contributed by atoms with Crippen LogP contribution in [-0.4, -0.2) is 57.9 Å². The van der Waals surface area contributed by atoms with Gasteiger partial charge in [0.15, 0.2) is 0 Å². The van der Waals surface area contributed by atoms with Crippen molar-refractivity contribution in [2.75, 3.05) is 43.7 Å². The molecular formula is C26H29ClN6O2S. The SMILES string of the molecule is CN=S(C)(=O)C1CCN(c2ccc(Nc3ncc(Cl)c(-c4c[nH]c5ccccc45)n3)c(OC)c2)CC1. The molecule has 36 heavy (non-hydrogen) atoms. The Labute approximate surface area is 216 Å². The minimum atomic E-state index is -2.13. The van der Waals surface area contributed by atoms with Gasteiger partial charge in [-0.1, -0.05) is 29.8 Å². The molecule has 2 aromatic heterocycles. The highest BCUT2D eigenvalue weighted by Crippen LogP contribution is 2.35. The molecule has 0 radical (unpaired) electrons. The van der Waals surface area contributed by atoms with Gasteiger partial charge >= 0.3 is 0 Å². The van der Waals surface area contributed by atoms with Gasteiger partial charge in [-0.05, 0) is 31.0 Å². The number of hydrogen-bond donors (Lipinski definition) is 2. The van der Waals surface area contributed by atoms with Gasteiger partial charge in [0.1, 0.15) is 5.75 Å². The Balaban J connectivity index is 1.37. The normalized spacial score (nSPS) is 16.1. The first kappa shape index (κ1) is 24.4. The van der Waals surface area contributed by atoms with E-state index in [2.05, 4.69) is 30.6 Å². The van der Waals surface area contributed by atoms with Gasteiger partial charge in [0.25, 0.3) is 0 Å². The quantitative estimate of drug-likeness (QED) is 0.334. The van der Waals surface area contributed by atoms with Gasteiger partial charge in [-0.3, -0.25) is 0 Å². The van der Waals surface area contributed by atoms with Crippen molar-refractivity contribution in [2.24, 2.45) is 4.36 Å². The Bertz CT molecular complexity index is 1520. The van der Waals surface area contributed by atoms with Crippen molar-refractivity contribution in [2.45, 2.75) is 18.1 Å². The minimum absolute atomic E-state index is 0.134. The van der Waals surface area contributed by atoms with Crippen LogP contribution in [0.5, 0.6) is 5.75 Å². The van der Waals surface area contributed by atoms with Crippen LogP contribution in [0, 0.1) is 0 Å². The molecule has 188 valence electrons. The summed E-state index contributed by atoms with van der Waals surface area (Å²) in [5, 5.41) is 4.93. The summed E-state index contributed by atoms with van der Waals surface area (Å²) in [6.45, 7) is 1.66. The molecule has 0 bridgehead atoms. The maximum atomic E-state index is 12.6. The number of nitrogens with one attached hydrogen (secondary N) is 2. The highest BCUT2D eigenvalue weighted by Gasteiger charge is 2.25. The van der Waals surface area contributed by atoms with Gasteiger partial charge in [-0.15, -0.1) is 0 Å². The summed E-state index contributed by atoms with van der Waals surface area (Å²) in [4.78, 5) is 14.7. The van der Waals surface area contributed by atoms with Crippen LogP contribution in [0.1, 0.15) is 12.8 Å². The maximum Gasteiger partial charge on any atom is 0.227 e. The molecule has 5 rings (SSSR count). The summed E-state index contributed by atoms with van der Waals surface area (Å²) < 4.78 is 22.4. The standard InChI is InChI=1S/C26H29ClN6O2S/c1-28-36(3,34)18-10-12-33(13-11-18)17-8-9-23(24(14-17)35-2)31-26-30-16-21(27)25(32-26)20-15-29-22-7-5-4-6-19(20)22/h4-9,14-16,18,29H,10-13H2,1-3H3,(H,30,31,32). The van der Waals surface area contributed by atoms with Crippen LogP contribution in [0.15, 0.2) is 59.2 Å². The molecule has 1 unspecified atom stereocenters. The molecule has 2 N–H and O–H groups in total. The van der Waals surface area contributed by atoms with Gasteiger partial charge in [0.05, 0.1) is 29.7 Å². The third-order valence-electron chi connectivity index (χ3n) is 6.81. The topological polar surface area (TPSA) is 95.5 Å². The van der Waals surface area contributed by atoms with E-state index in [0.717, 1.165) is 53.8 Å². The number of H-pyrrole nitrogens is 1. The summed E-state index contributed by atoms with van der Waals surface area (Å²) in [6.07, 6.45) is 6.98. The van der Waals surface area contributed by atoms with E-state index >= 15 is 0 Å². The number of piperidine rings is 1. The first-order valence-electron chi connectivity index (χ1n) is 11.8. The smallest absolute Gasteiger partial charge is 0.227 e.